The first-order valence-corrected chi connectivity index (χ1v) is 8.58. The van der Waals surface area contributed by atoms with Gasteiger partial charge in [-0.1, -0.05) is 37.3 Å². The fourth-order valence-corrected chi connectivity index (χ4v) is 3.03. The van der Waals surface area contributed by atoms with Crippen LogP contribution in [0.2, 0.25) is 0 Å². The molecule has 0 aliphatic carbocycles. The molecule has 2 atom stereocenters. The minimum atomic E-state index is 0.301. The standard InChI is InChI=1S/C19H29NO2/c1-3-20(14-18-11-12-22-15-18)19(21)13-16(2)9-10-17-7-5-4-6-8-17/h4-8,16,18H,3,9-15H2,1-2H3/t16-,18+/m0/s1. The molecule has 1 fully saturated rings. The van der Waals surface area contributed by atoms with Gasteiger partial charge in [-0.15, -0.1) is 0 Å². The van der Waals surface area contributed by atoms with Crippen molar-refractivity contribution in [1.82, 2.24) is 4.90 Å². The van der Waals surface area contributed by atoms with E-state index < -0.39 is 0 Å². The maximum absolute atomic E-state index is 12.5. The van der Waals surface area contributed by atoms with Crippen LogP contribution in [0.25, 0.3) is 0 Å². The summed E-state index contributed by atoms with van der Waals surface area (Å²) >= 11 is 0. The lowest BCUT2D eigenvalue weighted by Crippen LogP contribution is -2.36. The largest absolute Gasteiger partial charge is 0.381 e. The van der Waals surface area contributed by atoms with Crippen LogP contribution < -0.4 is 0 Å². The molecule has 0 bridgehead atoms. The molecule has 3 heteroatoms. The fourth-order valence-electron chi connectivity index (χ4n) is 3.03. The van der Waals surface area contributed by atoms with E-state index in [4.69, 9.17) is 4.74 Å². The van der Waals surface area contributed by atoms with E-state index in [0.717, 1.165) is 45.6 Å². The Hall–Kier alpha value is -1.35. The number of benzene rings is 1. The highest BCUT2D eigenvalue weighted by atomic mass is 16.5. The summed E-state index contributed by atoms with van der Waals surface area (Å²) in [4.78, 5) is 14.5. The number of ether oxygens (including phenoxy) is 1. The van der Waals surface area contributed by atoms with Crippen molar-refractivity contribution < 1.29 is 9.53 Å². The molecule has 0 spiro atoms. The van der Waals surface area contributed by atoms with Gasteiger partial charge in [-0.3, -0.25) is 4.79 Å². The topological polar surface area (TPSA) is 29.5 Å². The lowest BCUT2D eigenvalue weighted by molar-refractivity contribution is -0.132. The fraction of sp³-hybridized carbons (Fsp3) is 0.632. The quantitative estimate of drug-likeness (QED) is 0.735. The van der Waals surface area contributed by atoms with Crippen LogP contribution in [0.1, 0.15) is 38.7 Å². The van der Waals surface area contributed by atoms with Crippen LogP contribution in [-0.2, 0) is 16.0 Å². The second-order valence-corrected chi connectivity index (χ2v) is 6.50. The van der Waals surface area contributed by atoms with Crippen molar-refractivity contribution in [2.45, 2.75) is 39.5 Å². The van der Waals surface area contributed by atoms with E-state index in [-0.39, 0.29) is 0 Å². The van der Waals surface area contributed by atoms with Crippen molar-refractivity contribution in [3.63, 3.8) is 0 Å². The molecule has 22 heavy (non-hydrogen) atoms. The molecule has 0 N–H and O–H groups in total. The Morgan fingerprint density at radius 1 is 1.36 bits per heavy atom. The molecule has 1 heterocycles. The molecule has 1 saturated heterocycles. The van der Waals surface area contributed by atoms with Gasteiger partial charge in [-0.2, -0.15) is 0 Å². The second kappa shape index (κ2) is 8.94. The average Bonchev–Trinajstić information content (AvgIpc) is 3.04. The van der Waals surface area contributed by atoms with Crippen molar-refractivity contribution in [3.8, 4) is 0 Å². The Morgan fingerprint density at radius 3 is 2.77 bits per heavy atom. The Morgan fingerprint density at radius 2 is 2.14 bits per heavy atom. The van der Waals surface area contributed by atoms with Gasteiger partial charge in [-0.05, 0) is 37.7 Å². The smallest absolute Gasteiger partial charge is 0.222 e. The number of carbonyl (C=O) groups excluding carboxylic acids is 1. The lowest BCUT2D eigenvalue weighted by Gasteiger charge is -2.25. The third-order valence-corrected chi connectivity index (χ3v) is 4.53. The molecule has 1 aliphatic heterocycles. The van der Waals surface area contributed by atoms with Gasteiger partial charge >= 0.3 is 0 Å². The van der Waals surface area contributed by atoms with E-state index >= 15 is 0 Å². The van der Waals surface area contributed by atoms with Crippen LogP contribution in [0.15, 0.2) is 30.3 Å². The molecule has 0 unspecified atom stereocenters. The van der Waals surface area contributed by atoms with Gasteiger partial charge in [-0.25, -0.2) is 0 Å². The third kappa shape index (κ3) is 5.45. The van der Waals surface area contributed by atoms with Gasteiger partial charge in [0.2, 0.25) is 5.91 Å². The summed E-state index contributed by atoms with van der Waals surface area (Å²) in [6.07, 6.45) is 3.87. The van der Waals surface area contributed by atoms with Crippen molar-refractivity contribution >= 4 is 5.91 Å². The van der Waals surface area contributed by atoms with E-state index in [1.807, 2.05) is 11.0 Å². The minimum Gasteiger partial charge on any atom is -0.381 e. The van der Waals surface area contributed by atoms with Gasteiger partial charge < -0.3 is 9.64 Å². The average molecular weight is 303 g/mol. The highest BCUT2D eigenvalue weighted by Gasteiger charge is 2.22. The zero-order valence-electron chi connectivity index (χ0n) is 14.0. The van der Waals surface area contributed by atoms with Gasteiger partial charge in [0.15, 0.2) is 0 Å². The van der Waals surface area contributed by atoms with Gasteiger partial charge in [0.05, 0.1) is 6.61 Å². The molecule has 1 aromatic rings. The highest BCUT2D eigenvalue weighted by molar-refractivity contribution is 5.76. The minimum absolute atomic E-state index is 0.301. The third-order valence-electron chi connectivity index (χ3n) is 4.53. The molecule has 0 saturated carbocycles. The number of nitrogens with zero attached hydrogens (tertiary/aromatic N) is 1. The normalized spacial score (nSPS) is 19.1. The van der Waals surface area contributed by atoms with Crippen molar-refractivity contribution in [2.75, 3.05) is 26.3 Å². The molecule has 1 aliphatic rings. The Labute approximate surface area is 134 Å². The highest BCUT2D eigenvalue weighted by Crippen LogP contribution is 2.17. The number of carbonyl (C=O) groups is 1. The monoisotopic (exact) mass is 303 g/mol. The maximum atomic E-state index is 12.5. The van der Waals surface area contributed by atoms with Crippen LogP contribution in [-0.4, -0.2) is 37.1 Å². The summed E-state index contributed by atoms with van der Waals surface area (Å²) in [6, 6.07) is 10.5. The van der Waals surface area contributed by atoms with Gasteiger partial charge in [0.1, 0.15) is 0 Å². The maximum Gasteiger partial charge on any atom is 0.222 e. The Kier molecular flexibility index (Phi) is 6.91. The van der Waals surface area contributed by atoms with Crippen LogP contribution in [0.3, 0.4) is 0 Å². The zero-order chi connectivity index (χ0) is 15.8. The zero-order valence-corrected chi connectivity index (χ0v) is 14.0. The second-order valence-electron chi connectivity index (χ2n) is 6.50. The van der Waals surface area contributed by atoms with E-state index in [1.54, 1.807) is 0 Å². The van der Waals surface area contributed by atoms with Crippen LogP contribution >= 0.6 is 0 Å². The number of rotatable bonds is 8. The number of hydrogen-bond acceptors (Lipinski definition) is 2. The summed E-state index contributed by atoms with van der Waals surface area (Å²) < 4.78 is 5.41. The molecule has 1 aromatic carbocycles. The van der Waals surface area contributed by atoms with Crippen molar-refractivity contribution in [3.05, 3.63) is 35.9 Å². The van der Waals surface area contributed by atoms with E-state index in [0.29, 0.717) is 24.2 Å². The van der Waals surface area contributed by atoms with E-state index in [2.05, 4.69) is 38.1 Å². The molecular formula is C19H29NO2. The number of hydrogen-bond donors (Lipinski definition) is 0. The Balaban J connectivity index is 1.73. The molecule has 0 aromatic heterocycles. The molecule has 2 rings (SSSR count). The lowest BCUT2D eigenvalue weighted by atomic mass is 9.97. The van der Waals surface area contributed by atoms with Crippen LogP contribution in [0, 0.1) is 11.8 Å². The number of amides is 1. The van der Waals surface area contributed by atoms with Crippen LogP contribution in [0.4, 0.5) is 0 Å². The summed E-state index contributed by atoms with van der Waals surface area (Å²) in [7, 11) is 0. The summed E-state index contributed by atoms with van der Waals surface area (Å²) in [5, 5.41) is 0. The van der Waals surface area contributed by atoms with E-state index in [9.17, 15) is 4.79 Å². The van der Waals surface area contributed by atoms with Crippen molar-refractivity contribution in [1.29, 1.82) is 0 Å². The summed E-state index contributed by atoms with van der Waals surface area (Å²) in [5.74, 6) is 1.26. The Bertz CT molecular complexity index is 440. The first-order valence-electron chi connectivity index (χ1n) is 8.58. The summed E-state index contributed by atoms with van der Waals surface area (Å²) in [6.45, 7) is 7.59. The molecule has 0 radical (unpaired) electrons. The molecule has 1 amide bonds. The van der Waals surface area contributed by atoms with Gasteiger partial charge in [0, 0.05) is 32.0 Å². The molecular weight excluding hydrogens is 274 g/mol. The van der Waals surface area contributed by atoms with Crippen LogP contribution in [0.5, 0.6) is 0 Å². The SMILES string of the molecule is CCN(C[C@H]1CCOC1)C(=O)C[C@@H](C)CCc1ccccc1. The predicted molar refractivity (Wildman–Crippen MR) is 89.7 cm³/mol. The van der Waals surface area contributed by atoms with Gasteiger partial charge in [0.25, 0.3) is 0 Å². The molecule has 122 valence electrons. The van der Waals surface area contributed by atoms with E-state index in [1.165, 1.54) is 5.56 Å². The summed E-state index contributed by atoms with van der Waals surface area (Å²) in [5.41, 5.74) is 1.36. The first-order chi connectivity index (χ1) is 10.7. The van der Waals surface area contributed by atoms with Crippen molar-refractivity contribution in [2.24, 2.45) is 11.8 Å². The predicted octanol–water partition coefficient (Wildman–Crippen LogP) is 3.53. The molecule has 3 nitrogen and oxygen atoms in total. The number of aryl methyl sites for hydroxylation is 1. The first kappa shape index (κ1) is 17.0.